The summed E-state index contributed by atoms with van der Waals surface area (Å²) in [6.45, 7) is 2.69. The molecular formula is C17H22N2O4S2. The molecule has 0 atom stereocenters. The lowest BCUT2D eigenvalue weighted by Crippen LogP contribution is -2.38. The predicted octanol–water partition coefficient (Wildman–Crippen LogP) is 2.26. The Kier molecular flexibility index (Phi) is 6.98. The van der Waals surface area contributed by atoms with Crippen molar-refractivity contribution in [2.24, 2.45) is 0 Å². The molecule has 1 N–H and O–H groups in total. The molecule has 0 saturated carbocycles. The number of likely N-dealkylation sites (N-methyl/N-ethyl adjacent to an activating group) is 1. The normalized spacial score (nSPS) is 11.5. The standard InChI is InChI=1S/C17H22N2O4S2/c1-14-6-3-7-15(12-14)23-10-5-9-18-16(20)13-19(2)25(21,22)17-8-4-11-24-17/h3-4,6-8,11-12H,5,9-10,13H2,1-2H3,(H,18,20). The van der Waals surface area contributed by atoms with Crippen LogP contribution in [0, 0.1) is 6.92 Å². The topological polar surface area (TPSA) is 75.7 Å². The van der Waals surface area contributed by atoms with E-state index in [1.165, 1.54) is 13.1 Å². The maximum atomic E-state index is 12.2. The maximum Gasteiger partial charge on any atom is 0.252 e. The van der Waals surface area contributed by atoms with Crippen molar-refractivity contribution >= 4 is 27.3 Å². The number of hydrogen-bond acceptors (Lipinski definition) is 5. The first kappa shape index (κ1) is 19.4. The third kappa shape index (κ3) is 5.84. The highest BCUT2D eigenvalue weighted by Gasteiger charge is 2.23. The molecule has 6 nitrogen and oxygen atoms in total. The molecule has 25 heavy (non-hydrogen) atoms. The number of benzene rings is 1. The third-order valence-corrected chi connectivity index (χ3v) is 6.60. The monoisotopic (exact) mass is 382 g/mol. The van der Waals surface area contributed by atoms with Crippen LogP contribution in [0.2, 0.25) is 0 Å². The lowest BCUT2D eigenvalue weighted by molar-refractivity contribution is -0.121. The van der Waals surface area contributed by atoms with Gasteiger partial charge in [0.05, 0.1) is 13.2 Å². The zero-order valence-electron chi connectivity index (χ0n) is 14.3. The number of rotatable bonds is 9. The average molecular weight is 383 g/mol. The van der Waals surface area contributed by atoms with E-state index >= 15 is 0 Å². The Morgan fingerprint density at radius 1 is 1.28 bits per heavy atom. The van der Waals surface area contributed by atoms with Crippen LogP contribution in [0.4, 0.5) is 0 Å². The van der Waals surface area contributed by atoms with Crippen LogP contribution in [-0.2, 0) is 14.8 Å². The molecule has 1 amide bonds. The van der Waals surface area contributed by atoms with Gasteiger partial charge in [-0.25, -0.2) is 8.42 Å². The van der Waals surface area contributed by atoms with Gasteiger partial charge in [0.25, 0.3) is 10.0 Å². The summed E-state index contributed by atoms with van der Waals surface area (Å²) in [5, 5.41) is 4.40. The van der Waals surface area contributed by atoms with Gasteiger partial charge in [0, 0.05) is 13.6 Å². The van der Waals surface area contributed by atoms with Crippen LogP contribution in [0.15, 0.2) is 46.0 Å². The molecule has 2 rings (SSSR count). The smallest absolute Gasteiger partial charge is 0.252 e. The molecule has 2 aromatic rings. The van der Waals surface area contributed by atoms with Crippen LogP contribution in [0.3, 0.4) is 0 Å². The molecule has 0 radical (unpaired) electrons. The second-order valence-corrected chi connectivity index (χ2v) is 8.78. The van der Waals surface area contributed by atoms with E-state index in [0.29, 0.717) is 19.6 Å². The van der Waals surface area contributed by atoms with Crippen molar-refractivity contribution in [2.75, 3.05) is 26.7 Å². The number of carbonyl (C=O) groups is 1. The van der Waals surface area contributed by atoms with E-state index in [0.717, 1.165) is 27.0 Å². The first-order valence-corrected chi connectivity index (χ1v) is 10.2. The van der Waals surface area contributed by atoms with Crippen molar-refractivity contribution in [3.63, 3.8) is 0 Å². The van der Waals surface area contributed by atoms with Crippen LogP contribution in [-0.4, -0.2) is 45.4 Å². The SMILES string of the molecule is Cc1cccc(OCCCNC(=O)CN(C)S(=O)(=O)c2cccs2)c1. The Morgan fingerprint density at radius 2 is 2.08 bits per heavy atom. The highest BCUT2D eigenvalue weighted by molar-refractivity contribution is 7.91. The fourth-order valence-corrected chi connectivity index (χ4v) is 4.43. The molecule has 0 aliphatic carbocycles. The van der Waals surface area contributed by atoms with Crippen LogP contribution >= 0.6 is 11.3 Å². The fourth-order valence-electron chi connectivity index (χ4n) is 2.10. The summed E-state index contributed by atoms with van der Waals surface area (Å²) in [6.07, 6.45) is 0.640. The van der Waals surface area contributed by atoms with Crippen LogP contribution in [0.5, 0.6) is 5.75 Å². The van der Waals surface area contributed by atoms with Gasteiger partial charge in [0.15, 0.2) is 0 Å². The highest BCUT2D eigenvalue weighted by Crippen LogP contribution is 2.19. The second-order valence-electron chi connectivity index (χ2n) is 5.56. The lowest BCUT2D eigenvalue weighted by atomic mass is 10.2. The molecule has 0 saturated heterocycles. The predicted molar refractivity (Wildman–Crippen MR) is 98.4 cm³/mol. The summed E-state index contributed by atoms with van der Waals surface area (Å²) in [7, 11) is -2.20. The molecule has 0 spiro atoms. The number of sulfonamides is 1. The maximum absolute atomic E-state index is 12.2. The van der Waals surface area contributed by atoms with Gasteiger partial charge in [-0.1, -0.05) is 18.2 Å². The van der Waals surface area contributed by atoms with Crippen molar-refractivity contribution < 1.29 is 17.9 Å². The Bertz CT molecular complexity index is 789. The average Bonchev–Trinajstić information content (AvgIpc) is 3.09. The molecule has 8 heteroatoms. The van der Waals surface area contributed by atoms with E-state index in [4.69, 9.17) is 4.74 Å². The van der Waals surface area contributed by atoms with Gasteiger partial charge in [0.1, 0.15) is 9.96 Å². The Balaban J connectivity index is 1.68. The molecule has 1 heterocycles. The summed E-state index contributed by atoms with van der Waals surface area (Å²) >= 11 is 1.13. The lowest BCUT2D eigenvalue weighted by Gasteiger charge is -2.15. The zero-order chi connectivity index (χ0) is 18.3. The van der Waals surface area contributed by atoms with Crippen LogP contribution < -0.4 is 10.1 Å². The molecule has 136 valence electrons. The van der Waals surface area contributed by atoms with Gasteiger partial charge < -0.3 is 10.1 Å². The molecule has 0 aliphatic rings. The van der Waals surface area contributed by atoms with E-state index in [2.05, 4.69) is 5.32 Å². The van der Waals surface area contributed by atoms with E-state index in [9.17, 15) is 13.2 Å². The molecule has 0 fully saturated rings. The first-order chi connectivity index (χ1) is 11.9. The number of carbonyl (C=O) groups excluding carboxylic acids is 1. The summed E-state index contributed by atoms with van der Waals surface area (Å²) in [4.78, 5) is 11.9. The molecule has 0 unspecified atom stereocenters. The Labute approximate surface area is 152 Å². The third-order valence-electron chi connectivity index (χ3n) is 3.43. The van der Waals surface area contributed by atoms with Gasteiger partial charge >= 0.3 is 0 Å². The second kappa shape index (κ2) is 8.98. The minimum absolute atomic E-state index is 0.209. The zero-order valence-corrected chi connectivity index (χ0v) is 15.9. The van der Waals surface area contributed by atoms with Crippen molar-refractivity contribution in [1.82, 2.24) is 9.62 Å². The summed E-state index contributed by atoms with van der Waals surface area (Å²) in [6, 6.07) is 10.9. The number of amides is 1. The highest BCUT2D eigenvalue weighted by atomic mass is 32.2. The van der Waals surface area contributed by atoms with Crippen LogP contribution in [0.1, 0.15) is 12.0 Å². The van der Waals surface area contributed by atoms with E-state index in [-0.39, 0.29) is 16.7 Å². The van der Waals surface area contributed by atoms with E-state index < -0.39 is 10.0 Å². The van der Waals surface area contributed by atoms with Crippen molar-refractivity contribution in [3.8, 4) is 5.75 Å². The van der Waals surface area contributed by atoms with Crippen molar-refractivity contribution in [1.29, 1.82) is 0 Å². The molecular weight excluding hydrogens is 360 g/mol. The molecule has 1 aromatic carbocycles. The summed E-state index contributed by atoms with van der Waals surface area (Å²) in [5.41, 5.74) is 1.13. The number of thiophene rings is 1. The van der Waals surface area contributed by atoms with E-state index in [1.807, 2.05) is 31.2 Å². The van der Waals surface area contributed by atoms with Gasteiger partial charge in [-0.05, 0) is 42.5 Å². The van der Waals surface area contributed by atoms with Gasteiger partial charge in [-0.2, -0.15) is 4.31 Å². The minimum Gasteiger partial charge on any atom is -0.494 e. The first-order valence-electron chi connectivity index (χ1n) is 7.85. The van der Waals surface area contributed by atoms with Crippen molar-refractivity contribution in [3.05, 3.63) is 47.3 Å². The van der Waals surface area contributed by atoms with Crippen LogP contribution in [0.25, 0.3) is 0 Å². The fraction of sp³-hybridized carbons (Fsp3) is 0.353. The number of nitrogens with one attached hydrogen (secondary N) is 1. The number of nitrogens with zero attached hydrogens (tertiary/aromatic N) is 1. The quantitative estimate of drug-likeness (QED) is 0.675. The molecule has 0 bridgehead atoms. The number of ether oxygens (including phenoxy) is 1. The van der Waals surface area contributed by atoms with Crippen molar-refractivity contribution in [2.45, 2.75) is 17.6 Å². The van der Waals surface area contributed by atoms with Gasteiger partial charge in [-0.15, -0.1) is 11.3 Å². The largest absolute Gasteiger partial charge is 0.494 e. The number of hydrogen-bond donors (Lipinski definition) is 1. The summed E-state index contributed by atoms with van der Waals surface area (Å²) < 4.78 is 31.3. The van der Waals surface area contributed by atoms with E-state index in [1.54, 1.807) is 11.4 Å². The van der Waals surface area contributed by atoms with Gasteiger partial charge in [-0.3, -0.25) is 4.79 Å². The molecule has 0 aliphatic heterocycles. The molecule has 1 aromatic heterocycles. The minimum atomic E-state index is -3.60. The summed E-state index contributed by atoms with van der Waals surface area (Å²) in [5.74, 6) is 0.464. The Morgan fingerprint density at radius 3 is 2.76 bits per heavy atom. The number of aryl methyl sites for hydroxylation is 1. The van der Waals surface area contributed by atoms with Gasteiger partial charge in [0.2, 0.25) is 5.91 Å². The Hall–Kier alpha value is -1.90.